The highest BCUT2D eigenvalue weighted by Gasteiger charge is 2.19. The molecule has 0 fully saturated rings. The molecule has 1 aliphatic rings. The fourth-order valence-electron chi connectivity index (χ4n) is 3.06. The Morgan fingerprint density at radius 3 is 2.92 bits per heavy atom. The Morgan fingerprint density at radius 2 is 2.16 bits per heavy atom. The molecular weight excluding hydrogens is 318 g/mol. The SMILES string of the molecule is COc1nc(C)cc(C)c1CNC(=O)Nc1ccc2c(c1)CC(C)O2. The van der Waals surface area contributed by atoms with Crippen LogP contribution in [-0.2, 0) is 13.0 Å². The molecule has 6 nitrogen and oxygen atoms in total. The van der Waals surface area contributed by atoms with Crippen LogP contribution in [0.2, 0.25) is 0 Å². The maximum Gasteiger partial charge on any atom is 0.319 e. The summed E-state index contributed by atoms with van der Waals surface area (Å²) >= 11 is 0. The van der Waals surface area contributed by atoms with E-state index >= 15 is 0 Å². The van der Waals surface area contributed by atoms with E-state index in [4.69, 9.17) is 9.47 Å². The zero-order chi connectivity index (χ0) is 18.0. The number of hydrogen-bond donors (Lipinski definition) is 2. The molecule has 2 amide bonds. The molecule has 0 saturated carbocycles. The Kier molecular flexibility index (Phi) is 4.79. The van der Waals surface area contributed by atoms with Crippen LogP contribution in [0.5, 0.6) is 11.6 Å². The molecule has 132 valence electrons. The first kappa shape index (κ1) is 17.1. The molecule has 0 radical (unpaired) electrons. The van der Waals surface area contributed by atoms with Crippen LogP contribution in [0.3, 0.4) is 0 Å². The molecule has 1 atom stereocenters. The monoisotopic (exact) mass is 341 g/mol. The second-order valence-electron chi connectivity index (χ2n) is 6.33. The van der Waals surface area contributed by atoms with Gasteiger partial charge in [-0.3, -0.25) is 0 Å². The van der Waals surface area contributed by atoms with E-state index in [1.165, 1.54) is 0 Å². The number of aryl methyl sites for hydroxylation is 2. The molecule has 1 unspecified atom stereocenters. The number of pyridine rings is 1. The highest BCUT2D eigenvalue weighted by Crippen LogP contribution is 2.31. The van der Waals surface area contributed by atoms with E-state index in [9.17, 15) is 4.79 Å². The lowest BCUT2D eigenvalue weighted by molar-refractivity contribution is 0.251. The van der Waals surface area contributed by atoms with Gasteiger partial charge in [-0.25, -0.2) is 9.78 Å². The van der Waals surface area contributed by atoms with E-state index in [0.29, 0.717) is 12.4 Å². The number of methoxy groups -OCH3 is 1. The third-order valence-corrected chi connectivity index (χ3v) is 4.21. The van der Waals surface area contributed by atoms with Gasteiger partial charge >= 0.3 is 6.03 Å². The normalized spacial score (nSPS) is 15.3. The topological polar surface area (TPSA) is 72.5 Å². The number of urea groups is 1. The number of rotatable bonds is 4. The molecule has 0 aliphatic carbocycles. The van der Waals surface area contributed by atoms with Crippen molar-refractivity contribution in [3.63, 3.8) is 0 Å². The minimum absolute atomic E-state index is 0.184. The van der Waals surface area contributed by atoms with Crippen molar-refractivity contribution in [2.45, 2.75) is 39.8 Å². The second-order valence-corrected chi connectivity index (χ2v) is 6.33. The molecule has 3 rings (SSSR count). The van der Waals surface area contributed by atoms with Crippen LogP contribution in [0.4, 0.5) is 10.5 Å². The van der Waals surface area contributed by atoms with E-state index in [-0.39, 0.29) is 12.1 Å². The van der Waals surface area contributed by atoms with E-state index in [0.717, 1.165) is 40.2 Å². The third kappa shape index (κ3) is 3.84. The summed E-state index contributed by atoms with van der Waals surface area (Å²) in [5.74, 6) is 1.44. The molecule has 0 saturated heterocycles. The van der Waals surface area contributed by atoms with Crippen molar-refractivity contribution >= 4 is 11.7 Å². The van der Waals surface area contributed by atoms with Crippen molar-refractivity contribution < 1.29 is 14.3 Å². The lowest BCUT2D eigenvalue weighted by Crippen LogP contribution is -2.28. The Hall–Kier alpha value is -2.76. The van der Waals surface area contributed by atoms with Crippen molar-refractivity contribution in [1.29, 1.82) is 0 Å². The number of anilines is 1. The Labute approximate surface area is 147 Å². The first-order valence-electron chi connectivity index (χ1n) is 8.32. The predicted octanol–water partition coefficient (Wildman–Crippen LogP) is 3.35. The number of amides is 2. The van der Waals surface area contributed by atoms with E-state index < -0.39 is 0 Å². The zero-order valence-electron chi connectivity index (χ0n) is 15.0. The van der Waals surface area contributed by atoms with Gasteiger partial charge in [0.25, 0.3) is 0 Å². The number of fused-ring (bicyclic) bond motifs is 1. The number of carbonyl (C=O) groups excluding carboxylic acids is 1. The van der Waals surface area contributed by atoms with Crippen LogP contribution in [0.25, 0.3) is 0 Å². The Morgan fingerprint density at radius 1 is 1.36 bits per heavy atom. The maximum absolute atomic E-state index is 12.2. The summed E-state index contributed by atoms with van der Waals surface area (Å²) in [7, 11) is 1.58. The number of carbonyl (C=O) groups is 1. The lowest BCUT2D eigenvalue weighted by atomic mass is 10.1. The summed E-state index contributed by atoms with van der Waals surface area (Å²) in [5, 5.41) is 5.72. The Balaban J connectivity index is 1.64. The minimum Gasteiger partial charge on any atom is -0.490 e. The van der Waals surface area contributed by atoms with Crippen molar-refractivity contribution in [2.24, 2.45) is 0 Å². The number of benzene rings is 1. The van der Waals surface area contributed by atoms with E-state index in [1.54, 1.807) is 7.11 Å². The molecule has 0 spiro atoms. The zero-order valence-corrected chi connectivity index (χ0v) is 15.0. The number of ether oxygens (including phenoxy) is 2. The van der Waals surface area contributed by atoms with Crippen LogP contribution in [0.15, 0.2) is 24.3 Å². The van der Waals surface area contributed by atoms with Crippen LogP contribution in [0, 0.1) is 13.8 Å². The molecule has 6 heteroatoms. The summed E-state index contributed by atoms with van der Waals surface area (Å²) in [4.78, 5) is 16.6. The van der Waals surface area contributed by atoms with Gasteiger partial charge in [-0.1, -0.05) is 0 Å². The van der Waals surface area contributed by atoms with Crippen molar-refractivity contribution in [3.05, 3.63) is 46.6 Å². The standard InChI is InChI=1S/C19H23N3O3/c1-11-7-12(2)21-18(24-4)16(11)10-20-19(23)22-15-5-6-17-14(9-15)8-13(3)25-17/h5-7,9,13H,8,10H2,1-4H3,(H2,20,22,23). The summed E-state index contributed by atoms with van der Waals surface area (Å²) in [6, 6.07) is 7.40. The van der Waals surface area contributed by atoms with E-state index in [1.807, 2.05) is 45.0 Å². The van der Waals surface area contributed by atoms with Crippen LogP contribution in [0.1, 0.15) is 29.3 Å². The molecule has 1 aromatic carbocycles. The van der Waals surface area contributed by atoms with Gasteiger partial charge in [0.2, 0.25) is 5.88 Å². The first-order chi connectivity index (χ1) is 12.0. The molecule has 1 aliphatic heterocycles. The summed E-state index contributed by atoms with van der Waals surface area (Å²) in [5.41, 5.74) is 4.66. The fourth-order valence-corrected chi connectivity index (χ4v) is 3.06. The average molecular weight is 341 g/mol. The Bertz CT molecular complexity index is 805. The molecule has 1 aromatic heterocycles. The van der Waals surface area contributed by atoms with Crippen LogP contribution >= 0.6 is 0 Å². The summed E-state index contributed by atoms with van der Waals surface area (Å²) in [6.07, 6.45) is 1.04. The number of nitrogens with zero attached hydrogens (tertiary/aromatic N) is 1. The number of hydrogen-bond acceptors (Lipinski definition) is 4. The molecule has 25 heavy (non-hydrogen) atoms. The van der Waals surface area contributed by atoms with Gasteiger partial charge in [-0.15, -0.1) is 0 Å². The predicted molar refractivity (Wildman–Crippen MR) is 96.4 cm³/mol. The summed E-state index contributed by atoms with van der Waals surface area (Å²) in [6.45, 7) is 6.27. The van der Waals surface area contributed by atoms with Gasteiger partial charge in [0.15, 0.2) is 0 Å². The van der Waals surface area contributed by atoms with Gasteiger partial charge in [0.05, 0.1) is 13.7 Å². The van der Waals surface area contributed by atoms with Gasteiger partial charge in [0.1, 0.15) is 11.9 Å². The highest BCUT2D eigenvalue weighted by atomic mass is 16.5. The first-order valence-corrected chi connectivity index (χ1v) is 8.32. The summed E-state index contributed by atoms with van der Waals surface area (Å²) < 4.78 is 11.0. The van der Waals surface area contributed by atoms with Gasteiger partial charge in [-0.2, -0.15) is 0 Å². The van der Waals surface area contributed by atoms with E-state index in [2.05, 4.69) is 15.6 Å². The molecule has 2 heterocycles. The molecule has 0 bridgehead atoms. The van der Waals surface area contributed by atoms with Crippen LogP contribution < -0.4 is 20.1 Å². The van der Waals surface area contributed by atoms with Crippen LogP contribution in [-0.4, -0.2) is 24.2 Å². The van der Waals surface area contributed by atoms with Gasteiger partial charge in [-0.05, 0) is 56.2 Å². The quantitative estimate of drug-likeness (QED) is 0.894. The van der Waals surface area contributed by atoms with Gasteiger partial charge in [0, 0.05) is 23.4 Å². The maximum atomic E-state index is 12.2. The third-order valence-electron chi connectivity index (χ3n) is 4.21. The smallest absolute Gasteiger partial charge is 0.319 e. The number of aromatic nitrogens is 1. The second kappa shape index (κ2) is 7.01. The largest absolute Gasteiger partial charge is 0.490 e. The van der Waals surface area contributed by atoms with Crippen molar-refractivity contribution in [3.8, 4) is 11.6 Å². The lowest BCUT2D eigenvalue weighted by Gasteiger charge is -2.13. The molecular formula is C19H23N3O3. The molecule has 2 N–H and O–H groups in total. The van der Waals surface area contributed by atoms with Crippen molar-refractivity contribution in [1.82, 2.24) is 10.3 Å². The minimum atomic E-state index is -0.269. The molecule has 2 aromatic rings. The number of nitrogens with one attached hydrogen (secondary N) is 2. The highest BCUT2D eigenvalue weighted by molar-refractivity contribution is 5.89. The van der Waals surface area contributed by atoms with Crippen molar-refractivity contribution in [2.75, 3.05) is 12.4 Å². The average Bonchev–Trinajstić information content (AvgIpc) is 2.92. The fraction of sp³-hybridized carbons (Fsp3) is 0.368. The van der Waals surface area contributed by atoms with Gasteiger partial charge < -0.3 is 20.1 Å².